The van der Waals surface area contributed by atoms with Crippen LogP contribution in [0, 0.1) is 0 Å². The van der Waals surface area contributed by atoms with E-state index < -0.39 is 0 Å². The second-order valence-electron chi connectivity index (χ2n) is 3.99. The van der Waals surface area contributed by atoms with Crippen molar-refractivity contribution in [3.8, 4) is 5.75 Å². The van der Waals surface area contributed by atoms with Crippen LogP contribution >= 0.6 is 0 Å². The van der Waals surface area contributed by atoms with E-state index in [4.69, 9.17) is 4.74 Å². The second-order valence-corrected chi connectivity index (χ2v) is 3.99. The molecule has 2 heterocycles. The van der Waals surface area contributed by atoms with Crippen LogP contribution in [0.25, 0.3) is 0 Å². The van der Waals surface area contributed by atoms with Gasteiger partial charge in [0.1, 0.15) is 11.6 Å². The molecule has 1 saturated heterocycles. The van der Waals surface area contributed by atoms with Crippen LogP contribution in [0.15, 0.2) is 18.3 Å². The summed E-state index contributed by atoms with van der Waals surface area (Å²) >= 11 is 0. The molecule has 1 aliphatic heterocycles. The Balaban J connectivity index is 1.88. The zero-order chi connectivity index (χ0) is 11.4. The average Bonchev–Trinajstić information content (AvgIpc) is 2.33. The molecule has 1 N–H and O–H groups in total. The lowest BCUT2D eigenvalue weighted by Crippen LogP contribution is -2.47. The maximum absolute atomic E-state index is 5.06. The molecule has 1 aliphatic rings. The molecule has 0 amide bonds. The van der Waals surface area contributed by atoms with Gasteiger partial charge in [-0.05, 0) is 19.2 Å². The summed E-state index contributed by atoms with van der Waals surface area (Å²) in [6.45, 7) is 4.21. The van der Waals surface area contributed by atoms with E-state index in [1.807, 2.05) is 12.1 Å². The molecule has 0 spiro atoms. The molecule has 88 valence electrons. The molecule has 0 bridgehead atoms. The van der Waals surface area contributed by atoms with Crippen LogP contribution in [-0.4, -0.2) is 55.2 Å². The summed E-state index contributed by atoms with van der Waals surface area (Å²) in [5.41, 5.74) is 3.29. The van der Waals surface area contributed by atoms with Crippen molar-refractivity contribution in [1.29, 1.82) is 0 Å². The summed E-state index contributed by atoms with van der Waals surface area (Å²) in [7, 11) is 3.79. The van der Waals surface area contributed by atoms with Crippen molar-refractivity contribution in [3.63, 3.8) is 0 Å². The third-order valence-electron chi connectivity index (χ3n) is 2.75. The fourth-order valence-electron chi connectivity index (χ4n) is 1.65. The summed E-state index contributed by atoms with van der Waals surface area (Å²) in [5.74, 6) is 1.65. The monoisotopic (exact) mass is 222 g/mol. The first kappa shape index (κ1) is 11.2. The van der Waals surface area contributed by atoms with Gasteiger partial charge in [0.15, 0.2) is 0 Å². The number of rotatable bonds is 3. The molecule has 0 aromatic carbocycles. The molecule has 0 unspecified atom stereocenters. The van der Waals surface area contributed by atoms with Gasteiger partial charge >= 0.3 is 0 Å². The molecule has 0 atom stereocenters. The first-order chi connectivity index (χ1) is 7.78. The van der Waals surface area contributed by atoms with E-state index in [-0.39, 0.29) is 0 Å². The molecule has 16 heavy (non-hydrogen) atoms. The van der Waals surface area contributed by atoms with Crippen molar-refractivity contribution in [2.45, 2.75) is 0 Å². The SMILES string of the molecule is COc1ccc(NN2CCN(C)CC2)nc1. The Labute approximate surface area is 96.0 Å². The fraction of sp³-hybridized carbons (Fsp3) is 0.545. The van der Waals surface area contributed by atoms with Gasteiger partial charge in [-0.25, -0.2) is 9.99 Å². The van der Waals surface area contributed by atoms with E-state index in [9.17, 15) is 0 Å². The van der Waals surface area contributed by atoms with Crippen molar-refractivity contribution < 1.29 is 4.74 Å². The van der Waals surface area contributed by atoms with Gasteiger partial charge in [-0.2, -0.15) is 0 Å². The third kappa shape index (κ3) is 2.84. The third-order valence-corrected chi connectivity index (χ3v) is 2.75. The number of nitrogens with zero attached hydrogens (tertiary/aromatic N) is 3. The van der Waals surface area contributed by atoms with E-state index in [2.05, 4.69) is 27.4 Å². The van der Waals surface area contributed by atoms with Gasteiger partial charge in [-0.3, -0.25) is 0 Å². The highest BCUT2D eigenvalue weighted by Crippen LogP contribution is 2.12. The van der Waals surface area contributed by atoms with Crippen LogP contribution in [0.5, 0.6) is 5.75 Å². The summed E-state index contributed by atoms with van der Waals surface area (Å²) in [6, 6.07) is 3.84. The Kier molecular flexibility index (Phi) is 3.58. The quantitative estimate of drug-likeness (QED) is 0.814. The van der Waals surface area contributed by atoms with E-state index in [0.29, 0.717) is 0 Å². The van der Waals surface area contributed by atoms with Crippen LogP contribution in [0.1, 0.15) is 0 Å². The molecule has 0 saturated carbocycles. The predicted molar refractivity (Wildman–Crippen MR) is 63.5 cm³/mol. The maximum Gasteiger partial charge on any atom is 0.140 e. The topological polar surface area (TPSA) is 40.6 Å². The largest absolute Gasteiger partial charge is 0.495 e. The predicted octanol–water partition coefficient (Wildman–Crippen LogP) is 0.664. The van der Waals surface area contributed by atoms with Crippen LogP contribution < -0.4 is 10.2 Å². The summed E-state index contributed by atoms with van der Waals surface area (Å²) < 4.78 is 5.06. The van der Waals surface area contributed by atoms with Crippen molar-refractivity contribution in [2.24, 2.45) is 0 Å². The van der Waals surface area contributed by atoms with E-state index in [1.165, 1.54) is 0 Å². The van der Waals surface area contributed by atoms with Crippen LogP contribution in [0.2, 0.25) is 0 Å². The minimum absolute atomic E-state index is 0.781. The zero-order valence-electron chi connectivity index (χ0n) is 9.81. The van der Waals surface area contributed by atoms with Gasteiger partial charge in [-0.1, -0.05) is 0 Å². The zero-order valence-corrected chi connectivity index (χ0v) is 9.81. The Hall–Kier alpha value is -1.33. The number of anilines is 1. The van der Waals surface area contributed by atoms with Crippen LogP contribution in [-0.2, 0) is 0 Å². The lowest BCUT2D eigenvalue weighted by molar-refractivity contribution is 0.178. The molecular formula is C11H18N4O. The molecule has 5 heteroatoms. The smallest absolute Gasteiger partial charge is 0.140 e. The number of pyridine rings is 1. The summed E-state index contributed by atoms with van der Waals surface area (Å²) in [4.78, 5) is 6.59. The molecule has 0 radical (unpaired) electrons. The lowest BCUT2D eigenvalue weighted by atomic mass is 10.4. The second kappa shape index (κ2) is 5.14. The molecule has 5 nitrogen and oxygen atoms in total. The lowest BCUT2D eigenvalue weighted by Gasteiger charge is -2.32. The molecule has 1 aromatic heterocycles. The van der Waals surface area contributed by atoms with Gasteiger partial charge in [0, 0.05) is 26.2 Å². The number of hydrogen-bond donors (Lipinski definition) is 1. The number of ether oxygens (including phenoxy) is 1. The fourth-order valence-corrected chi connectivity index (χ4v) is 1.65. The molecule has 0 aliphatic carbocycles. The Morgan fingerprint density at radius 1 is 1.25 bits per heavy atom. The van der Waals surface area contributed by atoms with Crippen molar-refractivity contribution >= 4 is 5.82 Å². The number of hydrogen-bond acceptors (Lipinski definition) is 5. The normalized spacial score (nSPS) is 18.4. The highest BCUT2D eigenvalue weighted by molar-refractivity contribution is 5.36. The minimum atomic E-state index is 0.781. The average molecular weight is 222 g/mol. The minimum Gasteiger partial charge on any atom is -0.495 e. The van der Waals surface area contributed by atoms with E-state index >= 15 is 0 Å². The van der Waals surface area contributed by atoms with Gasteiger partial charge < -0.3 is 15.1 Å². The Bertz CT molecular complexity index is 319. The molecule has 2 rings (SSSR count). The molecular weight excluding hydrogens is 204 g/mol. The molecule has 1 fully saturated rings. The molecule has 1 aromatic rings. The van der Waals surface area contributed by atoms with Gasteiger partial charge in [0.2, 0.25) is 0 Å². The highest BCUT2D eigenvalue weighted by Gasteiger charge is 2.13. The van der Waals surface area contributed by atoms with E-state index in [1.54, 1.807) is 13.3 Å². The van der Waals surface area contributed by atoms with Crippen molar-refractivity contribution in [3.05, 3.63) is 18.3 Å². The number of likely N-dealkylation sites (N-methyl/N-ethyl adjacent to an activating group) is 1. The van der Waals surface area contributed by atoms with Crippen molar-refractivity contribution in [1.82, 2.24) is 14.9 Å². The Morgan fingerprint density at radius 2 is 2.00 bits per heavy atom. The number of methoxy groups -OCH3 is 1. The van der Waals surface area contributed by atoms with E-state index in [0.717, 1.165) is 37.7 Å². The number of hydrazine groups is 1. The number of piperazine rings is 1. The first-order valence-corrected chi connectivity index (χ1v) is 5.48. The van der Waals surface area contributed by atoms with Crippen molar-refractivity contribution in [2.75, 3.05) is 45.8 Å². The van der Waals surface area contributed by atoms with Gasteiger partial charge in [0.05, 0.1) is 13.3 Å². The van der Waals surface area contributed by atoms with Crippen LogP contribution in [0.4, 0.5) is 5.82 Å². The first-order valence-electron chi connectivity index (χ1n) is 5.48. The maximum atomic E-state index is 5.06. The summed E-state index contributed by atoms with van der Waals surface area (Å²) in [6.07, 6.45) is 1.72. The summed E-state index contributed by atoms with van der Waals surface area (Å²) in [5, 5.41) is 2.19. The van der Waals surface area contributed by atoms with Gasteiger partial charge in [0.25, 0.3) is 0 Å². The van der Waals surface area contributed by atoms with Crippen LogP contribution in [0.3, 0.4) is 0 Å². The number of nitrogens with one attached hydrogen (secondary N) is 1. The number of aromatic nitrogens is 1. The Morgan fingerprint density at radius 3 is 2.56 bits per heavy atom. The standard InChI is InChI=1S/C11H18N4O/c1-14-5-7-15(8-6-14)13-11-4-3-10(16-2)9-12-11/h3-4,9H,5-8H2,1-2H3,(H,12,13). The highest BCUT2D eigenvalue weighted by atomic mass is 16.5. The van der Waals surface area contributed by atoms with Gasteiger partial charge in [-0.15, -0.1) is 0 Å².